The normalized spacial score (nSPS) is 11.7. The van der Waals surface area contributed by atoms with Gasteiger partial charge >= 0.3 is 0 Å². The highest BCUT2D eigenvalue weighted by molar-refractivity contribution is 7.33. The highest BCUT2D eigenvalue weighted by Gasteiger charge is 2.01. The van der Waals surface area contributed by atoms with Crippen molar-refractivity contribution in [2.75, 3.05) is 6.61 Å². The Morgan fingerprint density at radius 3 is 0.611 bits per heavy atom. The standard InChI is InChI=1S/C32H66Cl2OSi/c33-36(34)32-30-28-26-24-22-20-18-16-14-12-10-8-6-4-2-1-3-5-7-9-11-13-15-17-19-21-23-25-27-29-31-35/h35-36H,1-32H2. The molecule has 218 valence electrons. The van der Waals surface area contributed by atoms with E-state index in [1.165, 1.54) is 186 Å². The summed E-state index contributed by atoms with van der Waals surface area (Å²) in [5, 5.41) is 8.78. The Bertz CT molecular complexity index is 381. The molecule has 0 radical (unpaired) electrons. The molecular formula is C32H66Cl2OSi. The van der Waals surface area contributed by atoms with Crippen molar-refractivity contribution in [1.82, 2.24) is 0 Å². The maximum absolute atomic E-state index is 8.78. The van der Waals surface area contributed by atoms with Crippen LogP contribution < -0.4 is 0 Å². The first-order chi connectivity index (χ1) is 17.8. The monoisotopic (exact) mass is 564 g/mol. The van der Waals surface area contributed by atoms with E-state index in [1.54, 1.807) is 0 Å². The maximum Gasteiger partial charge on any atom is 0.237 e. The zero-order valence-corrected chi connectivity index (χ0v) is 27.1. The zero-order chi connectivity index (χ0) is 26.2. The van der Waals surface area contributed by atoms with Gasteiger partial charge in [0.2, 0.25) is 7.42 Å². The third-order valence-corrected chi connectivity index (χ3v) is 9.98. The van der Waals surface area contributed by atoms with Crippen LogP contribution in [-0.4, -0.2) is 19.1 Å². The number of hydrogen-bond donors (Lipinski definition) is 1. The molecule has 0 heterocycles. The van der Waals surface area contributed by atoms with E-state index in [0.717, 1.165) is 12.5 Å². The minimum Gasteiger partial charge on any atom is -0.396 e. The quantitative estimate of drug-likeness (QED) is 0.0488. The van der Waals surface area contributed by atoms with Gasteiger partial charge in [0.05, 0.1) is 0 Å². The van der Waals surface area contributed by atoms with Gasteiger partial charge in [-0.3, -0.25) is 0 Å². The van der Waals surface area contributed by atoms with E-state index >= 15 is 0 Å². The molecular weight excluding hydrogens is 499 g/mol. The third kappa shape index (κ3) is 34.8. The van der Waals surface area contributed by atoms with Crippen LogP contribution in [0.1, 0.15) is 193 Å². The molecule has 0 aromatic rings. The SMILES string of the molecule is OCCCCCCCCCCCCCCCCCCCCCCCCCCCCCCCC[SiH](Cl)Cl. The number of unbranched alkanes of at least 4 members (excludes halogenated alkanes) is 29. The number of halogens is 2. The summed E-state index contributed by atoms with van der Waals surface area (Å²) >= 11 is 11.8. The van der Waals surface area contributed by atoms with Crippen LogP contribution in [0.15, 0.2) is 0 Å². The molecule has 0 rings (SSSR count). The summed E-state index contributed by atoms with van der Waals surface area (Å²) in [5.41, 5.74) is 0. The molecule has 0 atom stereocenters. The second kappa shape index (κ2) is 33.8. The Morgan fingerprint density at radius 2 is 0.444 bits per heavy atom. The Balaban J connectivity index is 3.01. The summed E-state index contributed by atoms with van der Waals surface area (Å²) in [4.78, 5) is 0. The fourth-order valence-corrected chi connectivity index (χ4v) is 6.88. The Labute approximate surface area is 239 Å². The highest BCUT2D eigenvalue weighted by Crippen LogP contribution is 2.17. The number of aliphatic hydroxyl groups is 1. The van der Waals surface area contributed by atoms with Crippen LogP contribution in [0.3, 0.4) is 0 Å². The molecule has 0 aromatic carbocycles. The van der Waals surface area contributed by atoms with E-state index in [-0.39, 0.29) is 0 Å². The lowest BCUT2D eigenvalue weighted by atomic mass is 10.0. The van der Waals surface area contributed by atoms with Crippen LogP contribution in [-0.2, 0) is 0 Å². The van der Waals surface area contributed by atoms with Crippen molar-refractivity contribution in [2.45, 2.75) is 199 Å². The minimum absolute atomic E-state index is 0.371. The lowest BCUT2D eigenvalue weighted by Gasteiger charge is -2.05. The van der Waals surface area contributed by atoms with E-state index in [0.29, 0.717) is 6.61 Å². The average molecular weight is 566 g/mol. The van der Waals surface area contributed by atoms with Crippen molar-refractivity contribution < 1.29 is 5.11 Å². The molecule has 0 aromatic heterocycles. The second-order valence-corrected chi connectivity index (χ2v) is 16.7. The summed E-state index contributed by atoms with van der Waals surface area (Å²) in [5.74, 6) is 0. The predicted molar refractivity (Wildman–Crippen MR) is 169 cm³/mol. The fourth-order valence-electron chi connectivity index (χ4n) is 5.36. The lowest BCUT2D eigenvalue weighted by Crippen LogP contribution is -1.91. The van der Waals surface area contributed by atoms with Crippen LogP contribution in [0, 0.1) is 0 Å². The largest absolute Gasteiger partial charge is 0.396 e. The Hall–Kier alpha value is 0.757. The van der Waals surface area contributed by atoms with E-state index < -0.39 is 7.42 Å². The molecule has 0 saturated heterocycles. The van der Waals surface area contributed by atoms with Gasteiger partial charge in [-0.05, 0) is 12.5 Å². The molecule has 0 aliphatic rings. The molecule has 0 amide bonds. The van der Waals surface area contributed by atoms with Crippen molar-refractivity contribution in [3.63, 3.8) is 0 Å². The number of aliphatic hydroxyl groups excluding tert-OH is 1. The summed E-state index contributed by atoms with van der Waals surface area (Å²) < 4.78 is 0. The van der Waals surface area contributed by atoms with E-state index in [1.807, 2.05) is 0 Å². The van der Waals surface area contributed by atoms with Gasteiger partial charge in [0, 0.05) is 6.61 Å². The predicted octanol–water partition coefficient (Wildman–Crippen LogP) is 12.4. The molecule has 0 unspecified atom stereocenters. The van der Waals surface area contributed by atoms with Crippen LogP contribution in [0.4, 0.5) is 0 Å². The van der Waals surface area contributed by atoms with E-state index in [9.17, 15) is 0 Å². The number of rotatable bonds is 32. The van der Waals surface area contributed by atoms with Crippen LogP contribution in [0.25, 0.3) is 0 Å². The Kier molecular flexibility index (Phi) is 34.5. The first kappa shape index (κ1) is 36.8. The summed E-state index contributed by atoms with van der Waals surface area (Å²) in [6.45, 7) is 0.371. The average Bonchev–Trinajstić information content (AvgIpc) is 2.87. The molecule has 1 N–H and O–H groups in total. The zero-order valence-electron chi connectivity index (χ0n) is 24.4. The van der Waals surface area contributed by atoms with Gasteiger partial charge < -0.3 is 5.11 Å². The van der Waals surface area contributed by atoms with Gasteiger partial charge in [0.15, 0.2) is 0 Å². The highest BCUT2D eigenvalue weighted by atomic mass is 35.7. The molecule has 0 saturated carbocycles. The van der Waals surface area contributed by atoms with Gasteiger partial charge in [-0.15, -0.1) is 0 Å². The summed E-state index contributed by atoms with van der Waals surface area (Å²) in [6.07, 6.45) is 42.3. The van der Waals surface area contributed by atoms with Crippen LogP contribution in [0.5, 0.6) is 0 Å². The van der Waals surface area contributed by atoms with Gasteiger partial charge in [-0.25, -0.2) is 0 Å². The molecule has 1 nitrogen and oxygen atoms in total. The lowest BCUT2D eigenvalue weighted by molar-refractivity contribution is 0.282. The third-order valence-electron chi connectivity index (χ3n) is 7.83. The summed E-state index contributed by atoms with van der Waals surface area (Å²) in [7, 11) is -1.34. The van der Waals surface area contributed by atoms with Gasteiger partial charge in [-0.2, -0.15) is 22.2 Å². The van der Waals surface area contributed by atoms with Crippen molar-refractivity contribution in [1.29, 1.82) is 0 Å². The molecule has 0 bridgehead atoms. The molecule has 4 heteroatoms. The van der Waals surface area contributed by atoms with Crippen molar-refractivity contribution in [3.05, 3.63) is 0 Å². The molecule has 36 heavy (non-hydrogen) atoms. The first-order valence-corrected chi connectivity index (χ1v) is 21.0. The van der Waals surface area contributed by atoms with Crippen molar-refractivity contribution >= 4 is 29.6 Å². The van der Waals surface area contributed by atoms with Gasteiger partial charge in [-0.1, -0.05) is 186 Å². The Morgan fingerprint density at radius 1 is 0.278 bits per heavy atom. The van der Waals surface area contributed by atoms with E-state index in [2.05, 4.69) is 0 Å². The van der Waals surface area contributed by atoms with E-state index in [4.69, 9.17) is 27.3 Å². The maximum atomic E-state index is 8.78. The summed E-state index contributed by atoms with van der Waals surface area (Å²) in [6, 6.07) is 1.10. The molecule has 0 fully saturated rings. The topological polar surface area (TPSA) is 20.2 Å². The smallest absolute Gasteiger partial charge is 0.237 e. The van der Waals surface area contributed by atoms with Gasteiger partial charge in [0.1, 0.15) is 0 Å². The van der Waals surface area contributed by atoms with Gasteiger partial charge in [0.25, 0.3) is 0 Å². The second-order valence-electron chi connectivity index (χ2n) is 11.5. The van der Waals surface area contributed by atoms with Crippen LogP contribution in [0.2, 0.25) is 6.04 Å². The fraction of sp³-hybridized carbons (Fsp3) is 1.00. The van der Waals surface area contributed by atoms with Crippen LogP contribution >= 0.6 is 22.2 Å². The molecule has 0 aliphatic carbocycles. The van der Waals surface area contributed by atoms with Crippen molar-refractivity contribution in [3.8, 4) is 0 Å². The first-order valence-electron chi connectivity index (χ1n) is 16.7. The van der Waals surface area contributed by atoms with Crippen molar-refractivity contribution in [2.24, 2.45) is 0 Å². The number of hydrogen-bond acceptors (Lipinski definition) is 1. The molecule has 0 aliphatic heterocycles. The molecule has 0 spiro atoms. The minimum atomic E-state index is -1.34.